The molecule has 0 radical (unpaired) electrons. The predicted molar refractivity (Wildman–Crippen MR) is 83.3 cm³/mol. The van der Waals surface area contributed by atoms with Crippen molar-refractivity contribution in [2.45, 2.75) is 26.3 Å². The van der Waals surface area contributed by atoms with Crippen LogP contribution in [0.15, 0.2) is 40.2 Å². The highest BCUT2D eigenvalue weighted by Crippen LogP contribution is 2.28. The van der Waals surface area contributed by atoms with Crippen LogP contribution in [0.25, 0.3) is 0 Å². The van der Waals surface area contributed by atoms with Crippen LogP contribution in [-0.4, -0.2) is 6.54 Å². The Bertz CT molecular complexity index is 507. The molecule has 0 fully saturated rings. The van der Waals surface area contributed by atoms with Crippen molar-refractivity contribution >= 4 is 27.3 Å². The molecule has 1 aromatic heterocycles. The van der Waals surface area contributed by atoms with Gasteiger partial charge in [0.1, 0.15) is 0 Å². The van der Waals surface area contributed by atoms with Crippen LogP contribution in [0, 0.1) is 6.92 Å². The number of aryl methyl sites for hydroxylation is 1. The van der Waals surface area contributed by atoms with Crippen LogP contribution in [0.3, 0.4) is 0 Å². The number of likely N-dealkylation sites (N-methyl/N-ethyl adjacent to an activating group) is 1. The van der Waals surface area contributed by atoms with Gasteiger partial charge in [-0.25, -0.2) is 0 Å². The largest absolute Gasteiger partial charge is 0.310 e. The number of hydrogen-bond donors (Lipinski definition) is 1. The first kappa shape index (κ1) is 13.8. The van der Waals surface area contributed by atoms with Crippen molar-refractivity contribution in [3.63, 3.8) is 0 Å². The molecule has 18 heavy (non-hydrogen) atoms. The summed E-state index contributed by atoms with van der Waals surface area (Å²) >= 11 is 5.45. The fraction of sp³-hybridized carbons (Fsp3) is 0.333. The maximum absolute atomic E-state index is 3.63. The second kappa shape index (κ2) is 6.50. The topological polar surface area (TPSA) is 12.0 Å². The standard InChI is InChI=1S/C15H18BrNS/c1-3-17-15(13-8-9-18-11(13)2)10-12-6-4-5-7-14(12)16/h4-9,15,17H,3,10H2,1-2H3. The van der Waals surface area contributed by atoms with Crippen molar-refractivity contribution < 1.29 is 0 Å². The third-order valence-corrected chi connectivity index (χ3v) is 4.74. The summed E-state index contributed by atoms with van der Waals surface area (Å²) in [4.78, 5) is 1.41. The third kappa shape index (κ3) is 3.22. The average molecular weight is 324 g/mol. The van der Waals surface area contributed by atoms with E-state index in [-0.39, 0.29) is 0 Å². The lowest BCUT2D eigenvalue weighted by molar-refractivity contribution is 0.548. The Labute approximate surface area is 121 Å². The quantitative estimate of drug-likeness (QED) is 0.840. The lowest BCUT2D eigenvalue weighted by atomic mass is 9.99. The fourth-order valence-electron chi connectivity index (χ4n) is 2.18. The Kier molecular flexibility index (Phi) is 4.98. The molecule has 0 saturated heterocycles. The van der Waals surface area contributed by atoms with Crippen LogP contribution < -0.4 is 5.32 Å². The van der Waals surface area contributed by atoms with Crippen LogP contribution in [0.5, 0.6) is 0 Å². The van der Waals surface area contributed by atoms with E-state index >= 15 is 0 Å². The Balaban J connectivity index is 2.22. The Morgan fingerprint density at radius 1 is 1.28 bits per heavy atom. The first-order chi connectivity index (χ1) is 8.72. The molecule has 0 aliphatic carbocycles. The molecule has 0 aliphatic rings. The minimum atomic E-state index is 0.403. The van der Waals surface area contributed by atoms with E-state index in [4.69, 9.17) is 0 Å². The van der Waals surface area contributed by atoms with E-state index in [1.807, 2.05) is 11.3 Å². The monoisotopic (exact) mass is 323 g/mol. The number of nitrogens with one attached hydrogen (secondary N) is 1. The molecular weight excluding hydrogens is 306 g/mol. The summed E-state index contributed by atoms with van der Waals surface area (Å²) in [7, 11) is 0. The molecule has 1 nitrogen and oxygen atoms in total. The zero-order valence-corrected chi connectivity index (χ0v) is 13.1. The van der Waals surface area contributed by atoms with E-state index in [2.05, 4.69) is 70.8 Å². The van der Waals surface area contributed by atoms with Gasteiger partial charge in [-0.2, -0.15) is 0 Å². The van der Waals surface area contributed by atoms with Crippen molar-refractivity contribution in [2.75, 3.05) is 6.54 Å². The summed E-state index contributed by atoms with van der Waals surface area (Å²) in [5.41, 5.74) is 2.78. The molecule has 0 spiro atoms. The van der Waals surface area contributed by atoms with Crippen LogP contribution in [0.4, 0.5) is 0 Å². The zero-order chi connectivity index (χ0) is 13.0. The van der Waals surface area contributed by atoms with Crippen molar-refractivity contribution in [3.05, 3.63) is 56.2 Å². The molecule has 1 heterocycles. The molecule has 0 aliphatic heterocycles. The third-order valence-electron chi connectivity index (χ3n) is 3.11. The van der Waals surface area contributed by atoms with Crippen molar-refractivity contribution in [3.8, 4) is 0 Å². The van der Waals surface area contributed by atoms with Crippen molar-refractivity contribution in [2.24, 2.45) is 0 Å². The molecule has 1 aromatic carbocycles. The van der Waals surface area contributed by atoms with Gasteiger partial charge in [-0.05, 0) is 48.5 Å². The van der Waals surface area contributed by atoms with Crippen LogP contribution in [0.2, 0.25) is 0 Å². The van der Waals surface area contributed by atoms with E-state index in [9.17, 15) is 0 Å². The molecule has 0 saturated carbocycles. The van der Waals surface area contributed by atoms with Gasteiger partial charge in [0.05, 0.1) is 0 Å². The Morgan fingerprint density at radius 3 is 2.67 bits per heavy atom. The summed E-state index contributed by atoms with van der Waals surface area (Å²) in [6.07, 6.45) is 1.02. The number of benzene rings is 1. The number of hydrogen-bond acceptors (Lipinski definition) is 2. The lowest BCUT2D eigenvalue weighted by Gasteiger charge is -2.19. The summed E-state index contributed by atoms with van der Waals surface area (Å²) < 4.78 is 1.20. The molecular formula is C15H18BrNS. The minimum Gasteiger partial charge on any atom is -0.310 e. The number of halogens is 1. The van der Waals surface area contributed by atoms with Gasteiger partial charge in [0.2, 0.25) is 0 Å². The Morgan fingerprint density at radius 2 is 2.06 bits per heavy atom. The van der Waals surface area contributed by atoms with E-state index in [0.717, 1.165) is 13.0 Å². The van der Waals surface area contributed by atoms with Gasteiger partial charge in [0.25, 0.3) is 0 Å². The second-order valence-electron chi connectivity index (χ2n) is 4.34. The highest BCUT2D eigenvalue weighted by Gasteiger charge is 2.15. The van der Waals surface area contributed by atoms with E-state index in [1.54, 1.807) is 0 Å². The average Bonchev–Trinajstić information content (AvgIpc) is 2.78. The van der Waals surface area contributed by atoms with Gasteiger partial charge in [-0.3, -0.25) is 0 Å². The molecule has 2 aromatic rings. The zero-order valence-electron chi connectivity index (χ0n) is 10.7. The van der Waals surface area contributed by atoms with Crippen molar-refractivity contribution in [1.29, 1.82) is 0 Å². The summed E-state index contributed by atoms with van der Waals surface area (Å²) in [5.74, 6) is 0. The molecule has 0 amide bonds. The first-order valence-corrected chi connectivity index (χ1v) is 7.90. The number of rotatable bonds is 5. The van der Waals surface area contributed by atoms with Crippen LogP contribution in [0.1, 0.15) is 29.0 Å². The number of thiophene rings is 1. The van der Waals surface area contributed by atoms with Gasteiger partial charge >= 0.3 is 0 Å². The summed E-state index contributed by atoms with van der Waals surface area (Å²) in [6, 6.07) is 11.1. The van der Waals surface area contributed by atoms with E-state index < -0.39 is 0 Å². The van der Waals surface area contributed by atoms with Crippen molar-refractivity contribution in [1.82, 2.24) is 5.32 Å². The van der Waals surface area contributed by atoms with Gasteiger partial charge in [0, 0.05) is 15.4 Å². The smallest absolute Gasteiger partial charge is 0.0372 e. The molecule has 1 unspecified atom stereocenters. The first-order valence-electron chi connectivity index (χ1n) is 6.23. The van der Waals surface area contributed by atoms with Crippen LogP contribution in [-0.2, 0) is 6.42 Å². The van der Waals surface area contributed by atoms with E-state index in [0.29, 0.717) is 6.04 Å². The molecule has 1 atom stereocenters. The minimum absolute atomic E-state index is 0.403. The normalized spacial score (nSPS) is 12.6. The maximum atomic E-state index is 3.63. The molecule has 96 valence electrons. The van der Waals surface area contributed by atoms with Crippen LogP contribution >= 0.6 is 27.3 Å². The molecule has 0 bridgehead atoms. The Hall–Kier alpha value is -0.640. The van der Waals surface area contributed by atoms with Gasteiger partial charge in [-0.1, -0.05) is 41.1 Å². The molecule has 2 rings (SSSR count). The predicted octanol–water partition coefficient (Wildman–Crippen LogP) is 4.71. The molecule has 1 N–H and O–H groups in total. The SMILES string of the molecule is CCNC(Cc1ccccc1Br)c1ccsc1C. The van der Waals surface area contributed by atoms with Gasteiger partial charge in [-0.15, -0.1) is 11.3 Å². The fourth-order valence-corrected chi connectivity index (χ4v) is 3.39. The highest BCUT2D eigenvalue weighted by molar-refractivity contribution is 9.10. The second-order valence-corrected chi connectivity index (χ2v) is 6.31. The maximum Gasteiger partial charge on any atom is 0.0372 e. The van der Waals surface area contributed by atoms with E-state index in [1.165, 1.54) is 20.5 Å². The highest BCUT2D eigenvalue weighted by atomic mass is 79.9. The summed E-state index contributed by atoms with van der Waals surface area (Å²) in [6.45, 7) is 5.35. The lowest BCUT2D eigenvalue weighted by Crippen LogP contribution is -2.23. The summed E-state index contributed by atoms with van der Waals surface area (Å²) in [5, 5.41) is 5.76. The van der Waals surface area contributed by atoms with Gasteiger partial charge in [0.15, 0.2) is 0 Å². The molecule has 3 heteroatoms. The van der Waals surface area contributed by atoms with Gasteiger partial charge < -0.3 is 5.32 Å².